The van der Waals surface area contributed by atoms with E-state index in [-0.39, 0.29) is 11.6 Å². The van der Waals surface area contributed by atoms with Gasteiger partial charge in [0.2, 0.25) is 10.0 Å². The molecule has 1 heterocycles. The third-order valence-electron chi connectivity index (χ3n) is 5.34. The molecule has 0 bridgehead atoms. The van der Waals surface area contributed by atoms with Gasteiger partial charge in [0.15, 0.2) is 0 Å². The normalized spacial score (nSPS) is 17.5. The summed E-state index contributed by atoms with van der Waals surface area (Å²) < 4.78 is 25.6. The Morgan fingerprint density at radius 1 is 1.13 bits per heavy atom. The smallest absolute Gasteiger partial charge is 0.253 e. The van der Waals surface area contributed by atoms with Crippen LogP contribution in [0.4, 0.5) is 5.69 Å². The second-order valence-corrected chi connectivity index (χ2v) is 10.2. The van der Waals surface area contributed by atoms with Crippen LogP contribution < -0.4 is 10.0 Å². The Balaban J connectivity index is 1.60. The number of nitrogens with one attached hydrogen (secondary N) is 2. The molecular weight excluding hydrogens is 398 g/mol. The van der Waals surface area contributed by atoms with Crippen LogP contribution in [0.15, 0.2) is 42.5 Å². The molecule has 7 heteroatoms. The predicted octanol–water partition coefficient (Wildman–Crippen LogP) is 3.53. The first-order chi connectivity index (χ1) is 14.2. The molecule has 3 rings (SSSR count). The number of aryl methyl sites for hydroxylation is 1. The van der Waals surface area contributed by atoms with Crippen LogP contribution >= 0.6 is 0 Å². The third-order valence-corrected chi connectivity index (χ3v) is 5.93. The van der Waals surface area contributed by atoms with E-state index in [0.717, 1.165) is 42.9 Å². The molecule has 2 N–H and O–H groups in total. The highest BCUT2D eigenvalue weighted by Crippen LogP contribution is 2.20. The van der Waals surface area contributed by atoms with Crippen molar-refractivity contribution in [2.24, 2.45) is 5.92 Å². The van der Waals surface area contributed by atoms with Gasteiger partial charge < -0.3 is 5.32 Å². The average molecular weight is 430 g/mol. The molecule has 0 saturated carbocycles. The lowest BCUT2D eigenvalue weighted by Crippen LogP contribution is -2.33. The van der Waals surface area contributed by atoms with Gasteiger partial charge in [-0.1, -0.05) is 42.8 Å². The Labute approximate surface area is 179 Å². The van der Waals surface area contributed by atoms with Crippen molar-refractivity contribution in [2.45, 2.75) is 39.8 Å². The van der Waals surface area contributed by atoms with Gasteiger partial charge in [-0.25, -0.2) is 8.42 Å². The maximum absolute atomic E-state index is 12.7. The number of carbonyl (C=O) groups excluding carboxylic acids is 1. The standard InChI is InChI=1S/C23H31N3O3S/c1-17-6-11-22(25-30(3,28)29)21(13-17)23(27)24-14-19-7-9-20(10-8-19)16-26-12-4-5-18(2)15-26/h6-11,13,18,25H,4-5,12,14-16H2,1-3H3,(H,24,27). The molecule has 0 aromatic heterocycles. The van der Waals surface area contributed by atoms with Crippen molar-refractivity contribution in [3.05, 3.63) is 64.7 Å². The quantitative estimate of drug-likeness (QED) is 0.706. The van der Waals surface area contributed by atoms with Gasteiger partial charge in [0, 0.05) is 19.6 Å². The molecule has 1 saturated heterocycles. The molecule has 6 nitrogen and oxygen atoms in total. The van der Waals surface area contributed by atoms with Crippen molar-refractivity contribution in [1.29, 1.82) is 0 Å². The number of piperidine rings is 1. The number of anilines is 1. The SMILES string of the molecule is Cc1ccc(NS(C)(=O)=O)c(C(=O)NCc2ccc(CN3CCCC(C)C3)cc2)c1. The molecule has 1 aliphatic heterocycles. The summed E-state index contributed by atoms with van der Waals surface area (Å²) in [5, 5.41) is 2.89. The highest BCUT2D eigenvalue weighted by Gasteiger charge is 2.17. The van der Waals surface area contributed by atoms with Crippen molar-refractivity contribution in [3.63, 3.8) is 0 Å². The molecule has 1 aliphatic rings. The number of likely N-dealkylation sites (tertiary alicyclic amines) is 1. The molecule has 162 valence electrons. The Morgan fingerprint density at radius 2 is 1.83 bits per heavy atom. The summed E-state index contributed by atoms with van der Waals surface area (Å²) in [6.45, 7) is 7.82. The van der Waals surface area contributed by atoms with E-state index in [2.05, 4.69) is 34.0 Å². The number of hydrogen-bond acceptors (Lipinski definition) is 4. The summed E-state index contributed by atoms with van der Waals surface area (Å²) in [5.41, 5.74) is 3.76. The highest BCUT2D eigenvalue weighted by atomic mass is 32.2. The van der Waals surface area contributed by atoms with Gasteiger partial charge in [0.1, 0.15) is 0 Å². The van der Waals surface area contributed by atoms with E-state index in [1.165, 1.54) is 18.4 Å². The number of benzene rings is 2. The van der Waals surface area contributed by atoms with Gasteiger partial charge in [0.25, 0.3) is 5.91 Å². The topological polar surface area (TPSA) is 78.5 Å². The van der Waals surface area contributed by atoms with Crippen molar-refractivity contribution in [2.75, 3.05) is 24.1 Å². The van der Waals surface area contributed by atoms with Crippen LogP contribution in [0.2, 0.25) is 0 Å². The van der Waals surface area contributed by atoms with Gasteiger partial charge in [-0.05, 0) is 55.5 Å². The number of carbonyl (C=O) groups is 1. The summed E-state index contributed by atoms with van der Waals surface area (Å²) in [6, 6.07) is 13.4. The number of sulfonamides is 1. The van der Waals surface area contributed by atoms with Crippen LogP contribution in [-0.4, -0.2) is 38.6 Å². The van der Waals surface area contributed by atoms with Gasteiger partial charge in [-0.3, -0.25) is 14.4 Å². The lowest BCUT2D eigenvalue weighted by Gasteiger charge is -2.30. The fraction of sp³-hybridized carbons (Fsp3) is 0.435. The summed E-state index contributed by atoms with van der Waals surface area (Å²) in [6.07, 6.45) is 3.65. The second-order valence-electron chi connectivity index (χ2n) is 8.40. The molecule has 0 radical (unpaired) electrons. The maximum Gasteiger partial charge on any atom is 0.253 e. The summed E-state index contributed by atoms with van der Waals surface area (Å²) in [7, 11) is -3.47. The van der Waals surface area contributed by atoms with Gasteiger partial charge in [-0.15, -0.1) is 0 Å². The lowest BCUT2D eigenvalue weighted by molar-refractivity contribution is 0.0951. The largest absolute Gasteiger partial charge is 0.348 e. The zero-order chi connectivity index (χ0) is 21.7. The second kappa shape index (κ2) is 9.62. The first-order valence-corrected chi connectivity index (χ1v) is 12.3. The van der Waals surface area contributed by atoms with Crippen LogP contribution in [0.1, 0.15) is 46.8 Å². The molecule has 2 aromatic rings. The molecule has 1 fully saturated rings. The molecule has 1 unspecified atom stereocenters. The Kier molecular flexibility index (Phi) is 7.15. The van der Waals surface area contributed by atoms with Crippen molar-refractivity contribution in [3.8, 4) is 0 Å². The van der Waals surface area contributed by atoms with Crippen LogP contribution in [0.5, 0.6) is 0 Å². The van der Waals surface area contributed by atoms with Gasteiger partial charge in [0.05, 0.1) is 17.5 Å². The fourth-order valence-corrected chi connectivity index (χ4v) is 4.44. The minimum Gasteiger partial charge on any atom is -0.348 e. The lowest BCUT2D eigenvalue weighted by atomic mass is 9.99. The molecule has 0 aliphatic carbocycles. The van der Waals surface area contributed by atoms with E-state index in [0.29, 0.717) is 12.1 Å². The third kappa shape index (κ3) is 6.57. The fourth-order valence-electron chi connectivity index (χ4n) is 3.86. The highest BCUT2D eigenvalue weighted by molar-refractivity contribution is 7.92. The minimum absolute atomic E-state index is 0.284. The van der Waals surface area contributed by atoms with Gasteiger partial charge in [-0.2, -0.15) is 0 Å². The first-order valence-electron chi connectivity index (χ1n) is 10.4. The Morgan fingerprint density at radius 3 is 2.50 bits per heavy atom. The molecule has 2 aromatic carbocycles. The molecule has 0 spiro atoms. The number of nitrogens with zero attached hydrogens (tertiary/aromatic N) is 1. The summed E-state index contributed by atoms with van der Waals surface area (Å²) in [4.78, 5) is 15.2. The van der Waals surface area contributed by atoms with Gasteiger partial charge >= 0.3 is 0 Å². The van der Waals surface area contributed by atoms with E-state index >= 15 is 0 Å². The van der Waals surface area contributed by atoms with E-state index in [4.69, 9.17) is 0 Å². The molecule has 1 atom stereocenters. The van der Waals surface area contributed by atoms with Crippen LogP contribution in [0.3, 0.4) is 0 Å². The number of amides is 1. The van der Waals surface area contributed by atoms with Crippen LogP contribution in [0.25, 0.3) is 0 Å². The zero-order valence-electron chi connectivity index (χ0n) is 17.9. The minimum atomic E-state index is -3.47. The van der Waals surface area contributed by atoms with E-state index in [9.17, 15) is 13.2 Å². The number of hydrogen-bond donors (Lipinski definition) is 2. The molecule has 1 amide bonds. The predicted molar refractivity (Wildman–Crippen MR) is 121 cm³/mol. The average Bonchev–Trinajstić information content (AvgIpc) is 2.67. The van der Waals surface area contributed by atoms with E-state index in [1.807, 2.05) is 19.1 Å². The number of rotatable bonds is 7. The molecular formula is C23H31N3O3S. The Hall–Kier alpha value is -2.38. The maximum atomic E-state index is 12.7. The van der Waals surface area contributed by atoms with Crippen molar-refractivity contribution < 1.29 is 13.2 Å². The molecule has 30 heavy (non-hydrogen) atoms. The first kappa shape index (κ1) is 22.3. The summed E-state index contributed by atoms with van der Waals surface area (Å²) in [5.74, 6) is 0.452. The Bertz CT molecular complexity index is 987. The van der Waals surface area contributed by atoms with E-state index < -0.39 is 10.0 Å². The monoisotopic (exact) mass is 429 g/mol. The van der Waals surface area contributed by atoms with Crippen molar-refractivity contribution in [1.82, 2.24) is 10.2 Å². The van der Waals surface area contributed by atoms with E-state index in [1.54, 1.807) is 18.2 Å². The summed E-state index contributed by atoms with van der Waals surface area (Å²) >= 11 is 0. The van der Waals surface area contributed by atoms with Crippen LogP contribution in [-0.2, 0) is 23.1 Å². The zero-order valence-corrected chi connectivity index (χ0v) is 18.8. The van der Waals surface area contributed by atoms with Crippen LogP contribution in [0, 0.1) is 12.8 Å². The van der Waals surface area contributed by atoms with Crippen molar-refractivity contribution >= 4 is 21.6 Å².